The minimum Gasteiger partial charge on any atom is -0.371 e. The molecule has 0 bridgehead atoms. The molecule has 1 aromatic carbocycles. The van der Waals surface area contributed by atoms with Crippen LogP contribution in [-0.4, -0.2) is 26.2 Å². The fourth-order valence-electron chi connectivity index (χ4n) is 2.86. The summed E-state index contributed by atoms with van der Waals surface area (Å²) < 4.78 is 39.2. The number of nitrogens with zero attached hydrogens (tertiary/aromatic N) is 1. The number of hydrogen-bond acceptors (Lipinski definition) is 2. The molecule has 118 valence electrons. The van der Waals surface area contributed by atoms with Crippen molar-refractivity contribution < 1.29 is 13.2 Å². The van der Waals surface area contributed by atoms with Crippen molar-refractivity contribution in [3.05, 3.63) is 29.3 Å². The van der Waals surface area contributed by atoms with Crippen molar-refractivity contribution in [1.82, 2.24) is 5.32 Å². The van der Waals surface area contributed by atoms with Gasteiger partial charge in [-0.15, -0.1) is 0 Å². The van der Waals surface area contributed by atoms with Crippen molar-refractivity contribution in [3.63, 3.8) is 0 Å². The largest absolute Gasteiger partial charge is 0.416 e. The first kappa shape index (κ1) is 16.1. The van der Waals surface area contributed by atoms with Crippen LogP contribution >= 0.6 is 0 Å². The smallest absolute Gasteiger partial charge is 0.371 e. The first-order chi connectivity index (χ1) is 9.77. The number of nitrogens with one attached hydrogen (secondary N) is 1. The molecule has 2 unspecified atom stereocenters. The van der Waals surface area contributed by atoms with E-state index in [4.69, 9.17) is 0 Å². The van der Waals surface area contributed by atoms with Crippen LogP contribution in [0.3, 0.4) is 0 Å². The van der Waals surface area contributed by atoms with Gasteiger partial charge in [0.05, 0.1) is 5.56 Å². The van der Waals surface area contributed by atoms with Gasteiger partial charge < -0.3 is 10.2 Å². The van der Waals surface area contributed by atoms with Crippen molar-refractivity contribution in [2.75, 3.05) is 31.1 Å². The number of halogens is 3. The van der Waals surface area contributed by atoms with Crippen molar-refractivity contribution in [1.29, 1.82) is 0 Å². The number of alkyl halides is 3. The maximum absolute atomic E-state index is 13.1. The lowest BCUT2D eigenvalue weighted by molar-refractivity contribution is -0.138. The van der Waals surface area contributed by atoms with Gasteiger partial charge in [-0.25, -0.2) is 0 Å². The molecule has 0 radical (unpaired) electrons. The van der Waals surface area contributed by atoms with E-state index in [0.29, 0.717) is 17.5 Å². The SMILES string of the molecule is Cc1ccc(N2CC(C)CNCC(C)C2)cc1C(F)(F)F. The fourth-order valence-corrected chi connectivity index (χ4v) is 2.86. The van der Waals surface area contributed by atoms with Gasteiger partial charge in [-0.05, 0) is 49.5 Å². The van der Waals surface area contributed by atoms with E-state index in [9.17, 15) is 13.2 Å². The summed E-state index contributed by atoms with van der Waals surface area (Å²) in [6, 6.07) is 4.67. The number of aryl methyl sites for hydroxylation is 1. The Labute approximate surface area is 124 Å². The van der Waals surface area contributed by atoms with Crippen LogP contribution in [0, 0.1) is 18.8 Å². The minimum absolute atomic E-state index is 0.279. The highest BCUT2D eigenvalue weighted by Crippen LogP contribution is 2.34. The molecular weight excluding hydrogens is 277 g/mol. The van der Waals surface area contributed by atoms with E-state index in [0.717, 1.165) is 26.2 Å². The molecule has 21 heavy (non-hydrogen) atoms. The molecule has 2 nitrogen and oxygen atoms in total. The van der Waals surface area contributed by atoms with E-state index < -0.39 is 11.7 Å². The van der Waals surface area contributed by atoms with Gasteiger partial charge in [0.25, 0.3) is 0 Å². The number of benzene rings is 1. The molecule has 0 aliphatic carbocycles. The minimum atomic E-state index is -4.29. The number of anilines is 1. The van der Waals surface area contributed by atoms with E-state index in [2.05, 4.69) is 24.1 Å². The Bertz CT molecular complexity index is 473. The molecule has 0 aromatic heterocycles. The van der Waals surface area contributed by atoms with Crippen LogP contribution in [0.5, 0.6) is 0 Å². The third-order valence-electron chi connectivity index (χ3n) is 3.94. The lowest BCUT2D eigenvalue weighted by atomic mass is 10.0. The Morgan fingerprint density at radius 1 is 1.10 bits per heavy atom. The molecule has 0 saturated carbocycles. The molecule has 1 aliphatic heterocycles. The topological polar surface area (TPSA) is 15.3 Å². The molecule has 1 heterocycles. The van der Waals surface area contributed by atoms with Gasteiger partial charge >= 0.3 is 6.18 Å². The summed E-state index contributed by atoms with van der Waals surface area (Å²) in [6.45, 7) is 9.10. The molecule has 1 N–H and O–H groups in total. The molecule has 1 fully saturated rings. The summed E-state index contributed by atoms with van der Waals surface area (Å²) in [7, 11) is 0. The maximum Gasteiger partial charge on any atom is 0.416 e. The van der Waals surface area contributed by atoms with E-state index in [1.807, 2.05) is 0 Å². The zero-order valence-electron chi connectivity index (χ0n) is 12.8. The molecule has 0 amide bonds. The van der Waals surface area contributed by atoms with Crippen LogP contribution < -0.4 is 10.2 Å². The van der Waals surface area contributed by atoms with Gasteiger partial charge in [-0.1, -0.05) is 19.9 Å². The Balaban J connectivity index is 2.30. The van der Waals surface area contributed by atoms with Crippen LogP contribution in [0.4, 0.5) is 18.9 Å². The lowest BCUT2D eigenvalue weighted by Gasteiger charge is -2.34. The highest BCUT2D eigenvalue weighted by molar-refractivity contribution is 5.52. The average Bonchev–Trinajstić information content (AvgIpc) is 2.35. The first-order valence-corrected chi connectivity index (χ1v) is 7.41. The Kier molecular flexibility index (Phi) is 4.81. The second-order valence-corrected chi connectivity index (χ2v) is 6.27. The number of hydrogen-bond donors (Lipinski definition) is 1. The lowest BCUT2D eigenvalue weighted by Crippen LogP contribution is -2.42. The highest BCUT2D eigenvalue weighted by Gasteiger charge is 2.33. The highest BCUT2D eigenvalue weighted by atomic mass is 19.4. The standard InChI is InChI=1S/C16H23F3N2/c1-11-7-20-8-12(2)10-21(9-11)14-5-4-13(3)15(6-14)16(17,18)19/h4-6,11-12,20H,7-10H2,1-3H3. The van der Waals surface area contributed by atoms with Gasteiger partial charge in [0.2, 0.25) is 0 Å². The molecule has 5 heteroatoms. The van der Waals surface area contributed by atoms with Crippen LogP contribution in [0.1, 0.15) is 25.0 Å². The summed E-state index contributed by atoms with van der Waals surface area (Å²) in [4.78, 5) is 2.09. The monoisotopic (exact) mass is 300 g/mol. The zero-order chi connectivity index (χ0) is 15.6. The zero-order valence-corrected chi connectivity index (χ0v) is 12.8. The average molecular weight is 300 g/mol. The second-order valence-electron chi connectivity index (χ2n) is 6.27. The van der Waals surface area contributed by atoms with E-state index >= 15 is 0 Å². The Hall–Kier alpha value is -1.23. The molecule has 1 aliphatic rings. The number of rotatable bonds is 1. The van der Waals surface area contributed by atoms with Gasteiger partial charge in [-0.3, -0.25) is 0 Å². The van der Waals surface area contributed by atoms with Crippen molar-refractivity contribution >= 4 is 5.69 Å². The van der Waals surface area contributed by atoms with Crippen LogP contribution in [-0.2, 0) is 6.18 Å². The molecular formula is C16H23F3N2. The van der Waals surface area contributed by atoms with Gasteiger partial charge in [0.15, 0.2) is 0 Å². The van der Waals surface area contributed by atoms with E-state index in [1.165, 1.54) is 13.0 Å². The molecule has 1 aromatic rings. The Morgan fingerprint density at radius 2 is 1.67 bits per heavy atom. The van der Waals surface area contributed by atoms with E-state index in [1.54, 1.807) is 12.1 Å². The maximum atomic E-state index is 13.1. The van der Waals surface area contributed by atoms with Crippen LogP contribution in [0.25, 0.3) is 0 Å². The van der Waals surface area contributed by atoms with Crippen LogP contribution in [0.2, 0.25) is 0 Å². The van der Waals surface area contributed by atoms with E-state index in [-0.39, 0.29) is 5.56 Å². The predicted molar refractivity (Wildman–Crippen MR) is 79.6 cm³/mol. The van der Waals surface area contributed by atoms with Crippen molar-refractivity contribution in [2.45, 2.75) is 26.9 Å². The third-order valence-corrected chi connectivity index (χ3v) is 3.94. The van der Waals surface area contributed by atoms with Gasteiger partial charge in [-0.2, -0.15) is 13.2 Å². The molecule has 1 saturated heterocycles. The normalized spacial score (nSPS) is 24.6. The quantitative estimate of drug-likeness (QED) is 0.851. The second kappa shape index (κ2) is 6.26. The molecule has 2 rings (SSSR count). The first-order valence-electron chi connectivity index (χ1n) is 7.41. The fraction of sp³-hybridized carbons (Fsp3) is 0.625. The third kappa shape index (κ3) is 4.13. The van der Waals surface area contributed by atoms with Crippen molar-refractivity contribution in [3.8, 4) is 0 Å². The summed E-state index contributed by atoms with van der Waals surface area (Å²) >= 11 is 0. The Morgan fingerprint density at radius 3 is 2.19 bits per heavy atom. The summed E-state index contributed by atoms with van der Waals surface area (Å²) in [5.41, 5.74) is 0.426. The molecule has 2 atom stereocenters. The van der Waals surface area contributed by atoms with Gasteiger partial charge in [0, 0.05) is 18.8 Å². The van der Waals surface area contributed by atoms with Crippen molar-refractivity contribution in [2.24, 2.45) is 11.8 Å². The summed E-state index contributed by atoms with van der Waals surface area (Å²) in [5, 5.41) is 3.40. The predicted octanol–water partition coefficient (Wildman–Crippen LogP) is 3.70. The summed E-state index contributed by atoms with van der Waals surface area (Å²) in [5.74, 6) is 0.821. The van der Waals surface area contributed by atoms with Gasteiger partial charge in [0.1, 0.15) is 0 Å². The van der Waals surface area contributed by atoms with Crippen LogP contribution in [0.15, 0.2) is 18.2 Å². The summed E-state index contributed by atoms with van der Waals surface area (Å²) in [6.07, 6.45) is -4.29. The molecule has 0 spiro atoms.